The van der Waals surface area contributed by atoms with E-state index in [-0.39, 0.29) is 18.3 Å². The molecule has 0 radical (unpaired) electrons. The Morgan fingerprint density at radius 2 is 1.56 bits per heavy atom. The number of nitrogens with zero attached hydrogens (tertiary/aromatic N) is 2. The van der Waals surface area contributed by atoms with Gasteiger partial charge in [-0.3, -0.25) is 0 Å². The Labute approximate surface area is 108 Å². The largest absolute Gasteiger partial charge is 0.498 e. The summed E-state index contributed by atoms with van der Waals surface area (Å²) >= 11 is 0. The Hall–Kier alpha value is -0.935. The lowest BCUT2D eigenvalue weighted by atomic mass is 9.81. The van der Waals surface area contributed by atoms with Crippen molar-refractivity contribution >= 4 is 12.6 Å². The second-order valence-corrected chi connectivity index (χ2v) is 6.24. The molecule has 1 saturated carbocycles. The van der Waals surface area contributed by atoms with Gasteiger partial charge in [0.25, 0.3) is 0 Å². The van der Waals surface area contributed by atoms with Crippen LogP contribution in [0.5, 0.6) is 0 Å². The normalized spacial score (nSPS) is 25.4. The van der Waals surface area contributed by atoms with E-state index in [1.807, 2.05) is 40.1 Å². The van der Waals surface area contributed by atoms with Gasteiger partial charge in [0.05, 0.1) is 11.2 Å². The summed E-state index contributed by atoms with van der Waals surface area (Å²) in [6.45, 7) is 8.19. The Balaban J connectivity index is 1.79. The predicted molar refractivity (Wildman–Crippen MR) is 69.7 cm³/mol. The van der Waals surface area contributed by atoms with E-state index in [0.29, 0.717) is 5.92 Å². The van der Waals surface area contributed by atoms with Crippen molar-refractivity contribution in [3.05, 3.63) is 18.2 Å². The van der Waals surface area contributed by atoms with Crippen molar-refractivity contribution in [2.75, 3.05) is 0 Å². The number of rotatable bonds is 2. The van der Waals surface area contributed by atoms with Crippen LogP contribution in [0.2, 0.25) is 0 Å². The van der Waals surface area contributed by atoms with Crippen LogP contribution in [-0.4, -0.2) is 28.3 Å². The van der Waals surface area contributed by atoms with Crippen molar-refractivity contribution in [3.8, 4) is 0 Å². The van der Waals surface area contributed by atoms with Gasteiger partial charge in [-0.05, 0) is 40.5 Å². The van der Waals surface area contributed by atoms with Crippen LogP contribution in [0.3, 0.4) is 0 Å². The third kappa shape index (κ3) is 1.95. The third-order valence-electron chi connectivity index (χ3n) is 4.16. The minimum Gasteiger partial charge on any atom is -0.399 e. The molecule has 0 N–H and O–H groups in total. The quantitative estimate of drug-likeness (QED) is 0.744. The first-order valence-corrected chi connectivity index (χ1v) is 6.56. The molecule has 0 amide bonds. The van der Waals surface area contributed by atoms with Gasteiger partial charge in [0.1, 0.15) is 5.82 Å². The fourth-order valence-corrected chi connectivity index (χ4v) is 2.00. The molecule has 0 bridgehead atoms. The minimum atomic E-state index is -0.358. The lowest BCUT2D eigenvalue weighted by molar-refractivity contribution is 0.00578. The van der Waals surface area contributed by atoms with E-state index >= 15 is 0 Å². The van der Waals surface area contributed by atoms with Gasteiger partial charge in [0.15, 0.2) is 0 Å². The molecule has 1 aliphatic heterocycles. The van der Waals surface area contributed by atoms with Crippen molar-refractivity contribution in [2.24, 2.45) is 0 Å². The Morgan fingerprint density at radius 1 is 1.06 bits per heavy atom. The van der Waals surface area contributed by atoms with Gasteiger partial charge in [-0.1, -0.05) is 0 Å². The first-order chi connectivity index (χ1) is 8.39. The second-order valence-electron chi connectivity index (χ2n) is 6.24. The SMILES string of the molecule is CC1(C)OB(c2cnc(C3CC3)nc2)OC1(C)C. The molecule has 5 heteroatoms. The molecule has 3 rings (SSSR count). The van der Waals surface area contributed by atoms with Crippen LogP contribution in [0.25, 0.3) is 0 Å². The number of aromatic nitrogens is 2. The van der Waals surface area contributed by atoms with Gasteiger partial charge in [-0.2, -0.15) is 0 Å². The van der Waals surface area contributed by atoms with E-state index < -0.39 is 0 Å². The summed E-state index contributed by atoms with van der Waals surface area (Å²) in [5.74, 6) is 1.53. The molecule has 0 aromatic carbocycles. The van der Waals surface area contributed by atoms with Crippen LogP contribution >= 0.6 is 0 Å². The highest BCUT2D eigenvalue weighted by atomic mass is 16.7. The Morgan fingerprint density at radius 3 is 2.00 bits per heavy atom. The molecule has 1 saturated heterocycles. The van der Waals surface area contributed by atoms with E-state index in [4.69, 9.17) is 9.31 Å². The summed E-state index contributed by atoms with van der Waals surface area (Å²) in [5, 5.41) is 0. The summed E-state index contributed by atoms with van der Waals surface area (Å²) in [4.78, 5) is 8.82. The van der Waals surface area contributed by atoms with Gasteiger partial charge in [-0.25, -0.2) is 9.97 Å². The van der Waals surface area contributed by atoms with Crippen LogP contribution in [0.4, 0.5) is 0 Å². The molecule has 2 aliphatic rings. The van der Waals surface area contributed by atoms with Crippen molar-refractivity contribution in [1.29, 1.82) is 0 Å². The minimum absolute atomic E-state index is 0.313. The third-order valence-corrected chi connectivity index (χ3v) is 4.16. The monoisotopic (exact) mass is 246 g/mol. The first-order valence-electron chi connectivity index (χ1n) is 6.56. The fourth-order valence-electron chi connectivity index (χ4n) is 2.00. The molecule has 0 spiro atoms. The maximum atomic E-state index is 5.96. The highest BCUT2D eigenvalue weighted by Crippen LogP contribution is 2.38. The molecule has 2 heterocycles. The van der Waals surface area contributed by atoms with Crippen molar-refractivity contribution in [3.63, 3.8) is 0 Å². The Kier molecular flexibility index (Phi) is 2.54. The van der Waals surface area contributed by atoms with Gasteiger partial charge in [0.2, 0.25) is 0 Å². The van der Waals surface area contributed by atoms with E-state index in [9.17, 15) is 0 Å². The molecule has 0 atom stereocenters. The summed E-state index contributed by atoms with van der Waals surface area (Å²) in [5.41, 5.74) is 0.276. The zero-order valence-electron chi connectivity index (χ0n) is 11.4. The standard InChI is InChI=1S/C13H19BN2O2/c1-12(2)13(3,4)18-14(17-12)10-7-15-11(16-8-10)9-5-6-9/h7-9H,5-6H2,1-4H3. The maximum Gasteiger partial charge on any atom is 0.498 e. The van der Waals surface area contributed by atoms with Crippen LogP contribution < -0.4 is 5.46 Å². The average molecular weight is 246 g/mol. The predicted octanol–water partition coefficient (Wildman–Crippen LogP) is 1.65. The van der Waals surface area contributed by atoms with Crippen LogP contribution in [0.1, 0.15) is 52.3 Å². The topological polar surface area (TPSA) is 44.2 Å². The second kappa shape index (κ2) is 3.78. The zero-order chi connectivity index (χ0) is 13.0. The van der Waals surface area contributed by atoms with Crippen molar-refractivity contribution in [2.45, 2.75) is 57.7 Å². The van der Waals surface area contributed by atoms with E-state index in [1.54, 1.807) is 0 Å². The van der Waals surface area contributed by atoms with E-state index in [1.165, 1.54) is 12.8 Å². The molecule has 1 aliphatic carbocycles. The van der Waals surface area contributed by atoms with E-state index in [2.05, 4.69) is 9.97 Å². The molecule has 1 aromatic rings. The van der Waals surface area contributed by atoms with Crippen molar-refractivity contribution < 1.29 is 9.31 Å². The molecular weight excluding hydrogens is 227 g/mol. The molecular formula is C13H19BN2O2. The number of hydrogen-bond acceptors (Lipinski definition) is 4. The summed E-state index contributed by atoms with van der Waals surface area (Å²) in [7, 11) is -0.358. The summed E-state index contributed by atoms with van der Waals surface area (Å²) in [6.07, 6.45) is 6.11. The van der Waals surface area contributed by atoms with Crippen LogP contribution in [0.15, 0.2) is 12.4 Å². The maximum absolute atomic E-state index is 5.96. The molecule has 4 nitrogen and oxygen atoms in total. The number of hydrogen-bond donors (Lipinski definition) is 0. The lowest BCUT2D eigenvalue weighted by Crippen LogP contribution is -2.41. The van der Waals surface area contributed by atoms with Gasteiger partial charge in [0, 0.05) is 23.8 Å². The van der Waals surface area contributed by atoms with E-state index in [0.717, 1.165) is 11.3 Å². The lowest BCUT2D eigenvalue weighted by Gasteiger charge is -2.32. The highest BCUT2D eigenvalue weighted by Gasteiger charge is 2.52. The fraction of sp³-hybridized carbons (Fsp3) is 0.692. The zero-order valence-corrected chi connectivity index (χ0v) is 11.4. The summed E-state index contributed by atoms with van der Waals surface area (Å²) < 4.78 is 11.9. The van der Waals surface area contributed by atoms with Crippen LogP contribution in [0, 0.1) is 0 Å². The first kappa shape index (κ1) is 12.1. The van der Waals surface area contributed by atoms with Gasteiger partial charge < -0.3 is 9.31 Å². The van der Waals surface area contributed by atoms with Crippen molar-refractivity contribution in [1.82, 2.24) is 9.97 Å². The smallest absolute Gasteiger partial charge is 0.399 e. The van der Waals surface area contributed by atoms with Gasteiger partial charge in [-0.15, -0.1) is 0 Å². The summed E-state index contributed by atoms with van der Waals surface area (Å²) in [6, 6.07) is 0. The molecule has 1 aromatic heterocycles. The molecule has 18 heavy (non-hydrogen) atoms. The molecule has 2 fully saturated rings. The average Bonchev–Trinajstić information content (AvgIpc) is 3.08. The van der Waals surface area contributed by atoms with Crippen LogP contribution in [-0.2, 0) is 9.31 Å². The Bertz CT molecular complexity index is 439. The van der Waals surface area contributed by atoms with Gasteiger partial charge >= 0.3 is 7.12 Å². The highest BCUT2D eigenvalue weighted by molar-refractivity contribution is 6.61. The molecule has 0 unspecified atom stereocenters. The molecule has 96 valence electrons.